The summed E-state index contributed by atoms with van der Waals surface area (Å²) in [7, 11) is -2.37. The number of hydrogen-bond acceptors (Lipinski definition) is 8. The quantitative estimate of drug-likeness (QED) is 0.472. The molecule has 1 unspecified atom stereocenters. The van der Waals surface area contributed by atoms with Crippen LogP contribution in [0.2, 0.25) is 0 Å². The van der Waals surface area contributed by atoms with Gasteiger partial charge in [-0.15, -0.1) is 11.3 Å². The number of nitrogens with one attached hydrogen (secondary N) is 2. The largest absolute Gasteiger partial charge is 0.434 e. The Morgan fingerprint density at radius 1 is 1.21 bits per heavy atom. The number of benzene rings is 1. The van der Waals surface area contributed by atoms with E-state index in [0.29, 0.717) is 6.20 Å². The number of methoxy groups -OCH3 is 1. The average molecular weight is 505 g/mol. The Bertz CT molecular complexity index is 1280. The van der Waals surface area contributed by atoms with Gasteiger partial charge in [0.05, 0.1) is 35.7 Å². The van der Waals surface area contributed by atoms with E-state index in [1.165, 1.54) is 18.6 Å². The molecule has 0 spiro atoms. The van der Waals surface area contributed by atoms with Crippen molar-refractivity contribution in [3.63, 3.8) is 0 Å². The number of sulfonamides is 1. The van der Waals surface area contributed by atoms with E-state index < -0.39 is 39.7 Å². The minimum atomic E-state index is -4.71. The lowest BCUT2D eigenvalue weighted by atomic mass is 10.1. The van der Waals surface area contributed by atoms with E-state index in [2.05, 4.69) is 25.0 Å². The maximum absolute atomic E-state index is 14.6. The first kappa shape index (κ1) is 24.5. The topological polar surface area (TPSA) is 123 Å². The Morgan fingerprint density at radius 2 is 1.94 bits per heavy atom. The zero-order valence-electron chi connectivity index (χ0n) is 16.8. The lowest BCUT2D eigenvalue weighted by Gasteiger charge is -2.14. The van der Waals surface area contributed by atoms with Gasteiger partial charge < -0.3 is 10.1 Å². The summed E-state index contributed by atoms with van der Waals surface area (Å²) in [6, 6.07) is 3.31. The summed E-state index contributed by atoms with van der Waals surface area (Å²) in [5.41, 5.74) is -1.60. The molecule has 0 bridgehead atoms. The zero-order valence-corrected chi connectivity index (χ0v) is 18.5. The van der Waals surface area contributed by atoms with E-state index in [1.54, 1.807) is 0 Å². The number of anilines is 2. The summed E-state index contributed by atoms with van der Waals surface area (Å²) < 4.78 is 82.9. The molecule has 0 aliphatic rings. The molecule has 9 nitrogen and oxygen atoms in total. The van der Waals surface area contributed by atoms with Crippen LogP contribution in [-0.4, -0.2) is 42.6 Å². The van der Waals surface area contributed by atoms with E-state index >= 15 is 0 Å². The van der Waals surface area contributed by atoms with Crippen LogP contribution in [0, 0.1) is 5.82 Å². The number of thiazole rings is 1. The number of amides is 1. The first-order chi connectivity index (χ1) is 15.4. The highest BCUT2D eigenvalue weighted by Crippen LogP contribution is 2.30. The lowest BCUT2D eigenvalue weighted by molar-refractivity contribution is -0.141. The second kappa shape index (κ2) is 9.36. The Balaban J connectivity index is 1.79. The predicted molar refractivity (Wildman–Crippen MR) is 111 cm³/mol. The lowest BCUT2D eigenvalue weighted by Crippen LogP contribution is -2.23. The molecule has 0 radical (unpaired) electrons. The standard InChI is InChI=1S/C18H15F4N5O4S2/c1-31-15(13-8-32-17(26-13)27-33(2,29)30)16(28)25-11-4-3-9(5-10(11)19)12-6-23-7-14(24-12)18(20,21)22/h3-8,15H,1-2H3,(H,25,28)(H,26,27). The van der Waals surface area contributed by atoms with Crippen LogP contribution in [0.5, 0.6) is 0 Å². The fourth-order valence-corrected chi connectivity index (χ4v) is 4.17. The Kier molecular flexibility index (Phi) is 6.94. The van der Waals surface area contributed by atoms with Crippen LogP contribution in [0.3, 0.4) is 0 Å². The van der Waals surface area contributed by atoms with Crippen LogP contribution in [0.15, 0.2) is 36.0 Å². The minimum absolute atomic E-state index is 0.0140. The third kappa shape index (κ3) is 6.21. The van der Waals surface area contributed by atoms with E-state index in [4.69, 9.17) is 4.74 Å². The van der Waals surface area contributed by atoms with Crippen LogP contribution in [0.4, 0.5) is 28.4 Å². The fourth-order valence-electron chi connectivity index (χ4n) is 2.59. The molecule has 1 aromatic carbocycles. The van der Waals surface area contributed by atoms with Crippen LogP contribution in [-0.2, 0) is 25.7 Å². The van der Waals surface area contributed by atoms with Crippen molar-refractivity contribution in [2.75, 3.05) is 23.4 Å². The summed E-state index contributed by atoms with van der Waals surface area (Å²) in [5, 5.41) is 3.71. The highest BCUT2D eigenvalue weighted by Gasteiger charge is 2.33. The summed E-state index contributed by atoms with van der Waals surface area (Å²) in [4.78, 5) is 23.5. The van der Waals surface area contributed by atoms with Gasteiger partial charge in [0, 0.05) is 18.1 Å². The summed E-state index contributed by atoms with van der Waals surface area (Å²) in [6.45, 7) is 0. The number of nitrogens with zero attached hydrogens (tertiary/aromatic N) is 3. The molecule has 15 heteroatoms. The van der Waals surface area contributed by atoms with Crippen molar-refractivity contribution in [2.45, 2.75) is 12.3 Å². The fraction of sp³-hybridized carbons (Fsp3) is 0.222. The molecule has 2 heterocycles. The van der Waals surface area contributed by atoms with Crippen molar-refractivity contribution >= 4 is 38.1 Å². The number of rotatable bonds is 7. The maximum Gasteiger partial charge on any atom is 0.434 e. The van der Waals surface area contributed by atoms with Crippen molar-refractivity contribution in [3.05, 3.63) is 53.2 Å². The van der Waals surface area contributed by atoms with Gasteiger partial charge in [-0.25, -0.2) is 22.8 Å². The van der Waals surface area contributed by atoms with Crippen molar-refractivity contribution in [1.29, 1.82) is 0 Å². The molecule has 0 aliphatic heterocycles. The molecule has 0 saturated heterocycles. The molecule has 33 heavy (non-hydrogen) atoms. The molecule has 3 rings (SSSR count). The molecule has 0 fully saturated rings. The van der Waals surface area contributed by atoms with E-state index in [0.717, 1.165) is 35.9 Å². The molecule has 2 N–H and O–H groups in total. The van der Waals surface area contributed by atoms with Crippen molar-refractivity contribution in [1.82, 2.24) is 15.0 Å². The number of ether oxygens (including phenoxy) is 1. The molecule has 1 atom stereocenters. The number of carbonyl (C=O) groups excluding carboxylic acids is 1. The van der Waals surface area contributed by atoms with Crippen LogP contribution < -0.4 is 10.0 Å². The van der Waals surface area contributed by atoms with E-state index in [-0.39, 0.29) is 27.8 Å². The van der Waals surface area contributed by atoms with Gasteiger partial charge in [-0.05, 0) is 12.1 Å². The van der Waals surface area contributed by atoms with Gasteiger partial charge in [-0.2, -0.15) is 13.2 Å². The first-order valence-electron chi connectivity index (χ1n) is 8.83. The maximum atomic E-state index is 14.6. The summed E-state index contributed by atoms with van der Waals surface area (Å²) in [6.07, 6.45) is -3.46. The van der Waals surface area contributed by atoms with Gasteiger partial charge >= 0.3 is 6.18 Å². The number of aromatic nitrogens is 3. The monoisotopic (exact) mass is 505 g/mol. The molecular formula is C18H15F4N5O4S2. The molecule has 2 aromatic heterocycles. The zero-order chi connectivity index (χ0) is 24.4. The third-order valence-electron chi connectivity index (χ3n) is 3.98. The van der Waals surface area contributed by atoms with Gasteiger partial charge in [0.1, 0.15) is 5.82 Å². The SMILES string of the molecule is COC(C(=O)Nc1ccc(-c2cncc(C(F)(F)F)n2)cc1F)c1csc(NS(C)(=O)=O)n1. The molecular weight excluding hydrogens is 490 g/mol. The third-order valence-corrected chi connectivity index (χ3v) is 5.45. The summed E-state index contributed by atoms with van der Waals surface area (Å²) >= 11 is 0.921. The molecule has 1 amide bonds. The van der Waals surface area contributed by atoms with Crippen LogP contribution >= 0.6 is 11.3 Å². The van der Waals surface area contributed by atoms with Crippen LogP contribution in [0.1, 0.15) is 17.5 Å². The number of hydrogen-bond donors (Lipinski definition) is 2. The Hall–Kier alpha value is -3.17. The molecule has 176 valence electrons. The van der Waals surface area contributed by atoms with E-state index in [1.807, 2.05) is 0 Å². The van der Waals surface area contributed by atoms with Crippen molar-refractivity contribution < 1.29 is 35.5 Å². The van der Waals surface area contributed by atoms with Gasteiger partial charge in [0.15, 0.2) is 16.9 Å². The van der Waals surface area contributed by atoms with Gasteiger partial charge in [0.25, 0.3) is 5.91 Å². The first-order valence-corrected chi connectivity index (χ1v) is 11.6. The average Bonchev–Trinajstić information content (AvgIpc) is 3.15. The normalized spacial score (nSPS) is 12.9. The molecule has 0 saturated carbocycles. The van der Waals surface area contributed by atoms with Crippen molar-refractivity contribution in [3.8, 4) is 11.3 Å². The Morgan fingerprint density at radius 3 is 2.55 bits per heavy atom. The van der Waals surface area contributed by atoms with E-state index in [9.17, 15) is 30.8 Å². The van der Waals surface area contributed by atoms with Gasteiger partial charge in [-0.3, -0.25) is 14.5 Å². The molecule has 0 aliphatic carbocycles. The van der Waals surface area contributed by atoms with Gasteiger partial charge in [0.2, 0.25) is 10.0 Å². The second-order valence-corrected chi connectivity index (χ2v) is 9.15. The van der Waals surface area contributed by atoms with Gasteiger partial charge in [-0.1, -0.05) is 6.07 Å². The van der Waals surface area contributed by atoms with Crippen molar-refractivity contribution in [2.24, 2.45) is 0 Å². The number of carbonyl (C=O) groups is 1. The number of halogens is 4. The smallest absolute Gasteiger partial charge is 0.365 e. The highest BCUT2D eigenvalue weighted by molar-refractivity contribution is 7.92. The molecule has 3 aromatic rings. The van der Waals surface area contributed by atoms with Crippen LogP contribution in [0.25, 0.3) is 11.3 Å². The second-order valence-electron chi connectivity index (χ2n) is 6.54. The minimum Gasteiger partial charge on any atom is -0.365 e. The Labute approximate surface area is 188 Å². The predicted octanol–water partition coefficient (Wildman–Crippen LogP) is 3.46. The summed E-state index contributed by atoms with van der Waals surface area (Å²) in [5.74, 6) is -1.74. The number of alkyl halides is 3. The highest BCUT2D eigenvalue weighted by atomic mass is 32.2.